The van der Waals surface area contributed by atoms with Crippen molar-refractivity contribution in [2.45, 2.75) is 6.92 Å². The monoisotopic (exact) mass is 272 g/mol. The van der Waals surface area contributed by atoms with Gasteiger partial charge in [-0.15, -0.1) is 0 Å². The van der Waals surface area contributed by atoms with Crippen LogP contribution in [-0.4, -0.2) is 42.0 Å². The minimum atomic E-state index is -0.415. The molecule has 0 aliphatic rings. The number of pyridine rings is 1. The minimum Gasteiger partial charge on any atom is -0.465 e. The van der Waals surface area contributed by atoms with Crippen LogP contribution in [0.1, 0.15) is 17.3 Å². The Balaban J connectivity index is 2.25. The molecule has 5 heteroatoms. The fourth-order valence-corrected chi connectivity index (χ4v) is 1.97. The zero-order chi connectivity index (χ0) is 14.5. The number of ether oxygens (including phenoxy) is 1. The number of carbonyl (C=O) groups excluding carboxylic acids is 2. The summed E-state index contributed by atoms with van der Waals surface area (Å²) in [7, 11) is 1.58. The first-order chi connectivity index (χ1) is 9.63. The number of fused-ring (bicyclic) bond motifs is 1. The lowest BCUT2D eigenvalue weighted by Crippen LogP contribution is -2.33. The van der Waals surface area contributed by atoms with Crippen LogP contribution >= 0.6 is 0 Å². The van der Waals surface area contributed by atoms with Gasteiger partial charge >= 0.3 is 5.97 Å². The van der Waals surface area contributed by atoms with Crippen molar-refractivity contribution in [2.75, 3.05) is 20.2 Å². The van der Waals surface area contributed by atoms with E-state index in [0.717, 1.165) is 10.9 Å². The van der Waals surface area contributed by atoms with E-state index in [2.05, 4.69) is 4.98 Å². The van der Waals surface area contributed by atoms with Gasteiger partial charge in [0, 0.05) is 24.2 Å². The van der Waals surface area contributed by atoms with Crippen molar-refractivity contribution in [2.24, 2.45) is 0 Å². The lowest BCUT2D eigenvalue weighted by molar-refractivity contribution is -0.143. The molecule has 0 aliphatic heterocycles. The normalized spacial score (nSPS) is 10.3. The van der Waals surface area contributed by atoms with Gasteiger partial charge in [-0.05, 0) is 25.1 Å². The van der Waals surface area contributed by atoms with Crippen LogP contribution in [-0.2, 0) is 9.53 Å². The molecule has 0 radical (unpaired) electrons. The molecule has 5 nitrogen and oxygen atoms in total. The summed E-state index contributed by atoms with van der Waals surface area (Å²) in [5.74, 6) is -0.640. The molecule has 0 spiro atoms. The summed E-state index contributed by atoms with van der Waals surface area (Å²) in [4.78, 5) is 29.4. The molecule has 0 saturated carbocycles. The summed E-state index contributed by atoms with van der Waals surface area (Å²) in [5.41, 5.74) is 1.28. The van der Waals surface area contributed by atoms with Crippen LogP contribution in [0, 0.1) is 0 Å². The highest BCUT2D eigenvalue weighted by Crippen LogP contribution is 2.17. The molecule has 1 aromatic heterocycles. The van der Waals surface area contributed by atoms with Gasteiger partial charge in [-0.1, -0.05) is 12.1 Å². The van der Waals surface area contributed by atoms with E-state index >= 15 is 0 Å². The summed E-state index contributed by atoms with van der Waals surface area (Å²) in [6.07, 6.45) is 1.68. The van der Waals surface area contributed by atoms with E-state index in [1.54, 1.807) is 38.4 Å². The number of benzene rings is 1. The standard InChI is InChI=1S/C15H16N2O3/c1-3-20-14(18)10-17(2)15(19)12-6-4-8-13-11(12)7-5-9-16-13/h4-9H,3,10H2,1-2H3. The van der Waals surface area contributed by atoms with Crippen molar-refractivity contribution < 1.29 is 14.3 Å². The maximum atomic E-state index is 12.4. The van der Waals surface area contributed by atoms with Crippen molar-refractivity contribution in [1.82, 2.24) is 9.88 Å². The molecule has 0 fully saturated rings. The number of esters is 1. The van der Waals surface area contributed by atoms with Gasteiger partial charge in [-0.3, -0.25) is 14.6 Å². The van der Waals surface area contributed by atoms with Gasteiger partial charge in [0.05, 0.1) is 12.1 Å². The molecule has 0 unspecified atom stereocenters. The Labute approximate surface area is 117 Å². The molecular formula is C15H16N2O3. The Morgan fingerprint density at radius 2 is 2.05 bits per heavy atom. The molecule has 0 atom stereocenters. The average molecular weight is 272 g/mol. The molecule has 104 valence electrons. The van der Waals surface area contributed by atoms with Gasteiger partial charge in [0.25, 0.3) is 5.91 Å². The Hall–Kier alpha value is -2.43. The number of amides is 1. The van der Waals surface area contributed by atoms with Crippen LogP contribution in [0.15, 0.2) is 36.5 Å². The van der Waals surface area contributed by atoms with Gasteiger partial charge in [-0.25, -0.2) is 0 Å². The molecular weight excluding hydrogens is 256 g/mol. The predicted molar refractivity (Wildman–Crippen MR) is 75.3 cm³/mol. The maximum absolute atomic E-state index is 12.4. The van der Waals surface area contributed by atoms with Crippen LogP contribution in [0.2, 0.25) is 0 Å². The van der Waals surface area contributed by atoms with Crippen LogP contribution in [0.5, 0.6) is 0 Å². The van der Waals surface area contributed by atoms with E-state index in [9.17, 15) is 9.59 Å². The number of likely N-dealkylation sites (N-methyl/N-ethyl adjacent to an activating group) is 1. The van der Waals surface area contributed by atoms with E-state index in [4.69, 9.17) is 4.74 Å². The number of hydrogen-bond acceptors (Lipinski definition) is 4. The topological polar surface area (TPSA) is 59.5 Å². The highest BCUT2D eigenvalue weighted by molar-refractivity contribution is 6.06. The highest BCUT2D eigenvalue weighted by Gasteiger charge is 2.17. The van der Waals surface area contributed by atoms with Crippen LogP contribution < -0.4 is 0 Å². The molecule has 20 heavy (non-hydrogen) atoms. The second kappa shape index (κ2) is 6.14. The van der Waals surface area contributed by atoms with E-state index < -0.39 is 5.97 Å². The molecule has 2 rings (SSSR count). The van der Waals surface area contributed by atoms with E-state index in [-0.39, 0.29) is 12.5 Å². The largest absolute Gasteiger partial charge is 0.465 e. The van der Waals surface area contributed by atoms with Crippen molar-refractivity contribution in [3.63, 3.8) is 0 Å². The lowest BCUT2D eigenvalue weighted by atomic mass is 10.1. The van der Waals surface area contributed by atoms with Crippen molar-refractivity contribution in [1.29, 1.82) is 0 Å². The summed E-state index contributed by atoms with van der Waals surface area (Å²) in [6, 6.07) is 8.98. The fraction of sp³-hybridized carbons (Fsp3) is 0.267. The first-order valence-corrected chi connectivity index (χ1v) is 6.38. The van der Waals surface area contributed by atoms with Gasteiger partial charge in [-0.2, -0.15) is 0 Å². The van der Waals surface area contributed by atoms with Gasteiger partial charge in [0.2, 0.25) is 0 Å². The second-order valence-corrected chi connectivity index (χ2v) is 4.34. The zero-order valence-electron chi connectivity index (χ0n) is 11.5. The third-order valence-corrected chi connectivity index (χ3v) is 2.89. The number of hydrogen-bond donors (Lipinski definition) is 0. The van der Waals surface area contributed by atoms with Crippen molar-refractivity contribution >= 4 is 22.8 Å². The lowest BCUT2D eigenvalue weighted by Gasteiger charge is -2.17. The molecule has 1 aromatic carbocycles. The summed E-state index contributed by atoms with van der Waals surface area (Å²) in [5, 5.41) is 0.774. The molecule has 0 N–H and O–H groups in total. The minimum absolute atomic E-state index is 0.0661. The first-order valence-electron chi connectivity index (χ1n) is 6.38. The number of carbonyl (C=O) groups is 2. The van der Waals surface area contributed by atoms with Gasteiger partial charge in [0.15, 0.2) is 0 Å². The highest BCUT2D eigenvalue weighted by atomic mass is 16.5. The predicted octanol–water partition coefficient (Wildman–Crippen LogP) is 1.87. The van der Waals surface area contributed by atoms with E-state index in [1.807, 2.05) is 12.1 Å². The third kappa shape index (κ3) is 2.93. The second-order valence-electron chi connectivity index (χ2n) is 4.34. The quantitative estimate of drug-likeness (QED) is 0.797. The summed E-state index contributed by atoms with van der Waals surface area (Å²) >= 11 is 0. The molecule has 1 amide bonds. The van der Waals surface area contributed by atoms with E-state index in [0.29, 0.717) is 12.2 Å². The Bertz CT molecular complexity index is 635. The molecule has 1 heterocycles. The summed E-state index contributed by atoms with van der Waals surface area (Å²) in [6.45, 7) is 1.97. The first kappa shape index (κ1) is 14.0. The maximum Gasteiger partial charge on any atom is 0.325 e. The number of aromatic nitrogens is 1. The zero-order valence-corrected chi connectivity index (χ0v) is 11.5. The third-order valence-electron chi connectivity index (χ3n) is 2.89. The SMILES string of the molecule is CCOC(=O)CN(C)C(=O)c1cccc2ncccc12. The molecule has 2 aromatic rings. The Morgan fingerprint density at radius 3 is 2.80 bits per heavy atom. The smallest absolute Gasteiger partial charge is 0.325 e. The number of nitrogens with zero attached hydrogens (tertiary/aromatic N) is 2. The molecule has 0 bridgehead atoms. The van der Waals surface area contributed by atoms with Gasteiger partial charge in [0.1, 0.15) is 6.54 Å². The van der Waals surface area contributed by atoms with Crippen molar-refractivity contribution in [3.05, 3.63) is 42.1 Å². The van der Waals surface area contributed by atoms with Crippen molar-refractivity contribution in [3.8, 4) is 0 Å². The van der Waals surface area contributed by atoms with Gasteiger partial charge < -0.3 is 9.64 Å². The Kier molecular flexibility index (Phi) is 4.30. The fourth-order valence-electron chi connectivity index (χ4n) is 1.97. The molecule has 0 aliphatic carbocycles. The van der Waals surface area contributed by atoms with Crippen LogP contribution in [0.4, 0.5) is 0 Å². The van der Waals surface area contributed by atoms with Crippen LogP contribution in [0.3, 0.4) is 0 Å². The average Bonchev–Trinajstić information content (AvgIpc) is 2.46. The summed E-state index contributed by atoms with van der Waals surface area (Å²) < 4.78 is 4.84. The van der Waals surface area contributed by atoms with Crippen LogP contribution in [0.25, 0.3) is 10.9 Å². The number of rotatable bonds is 4. The molecule has 0 saturated heterocycles. The Morgan fingerprint density at radius 1 is 1.25 bits per heavy atom. The van der Waals surface area contributed by atoms with E-state index in [1.165, 1.54) is 4.90 Å².